The van der Waals surface area contributed by atoms with Gasteiger partial charge in [0.25, 0.3) is 0 Å². The average molecular weight is 264 g/mol. The minimum Gasteiger partial charge on any atom is -0.300 e. The lowest BCUT2D eigenvalue weighted by Gasteiger charge is -2.14. The first kappa shape index (κ1) is 11.9. The van der Waals surface area contributed by atoms with Crippen LogP contribution in [0.1, 0.15) is 29.0 Å². The maximum absolute atomic E-state index is 12.1. The molecule has 1 unspecified atom stereocenters. The maximum Gasteiger partial charge on any atom is 0.247 e. The van der Waals surface area contributed by atoms with Gasteiger partial charge in [-0.25, -0.2) is 0 Å². The van der Waals surface area contributed by atoms with E-state index in [1.807, 2.05) is 0 Å². The van der Waals surface area contributed by atoms with Crippen molar-refractivity contribution in [2.45, 2.75) is 44.8 Å². The summed E-state index contributed by atoms with van der Waals surface area (Å²) in [6, 6.07) is 4.01. The fourth-order valence-electron chi connectivity index (χ4n) is 2.33. The Kier molecular flexibility index (Phi) is 2.95. The molecule has 5 heteroatoms. The van der Waals surface area contributed by atoms with Crippen LogP contribution in [0.15, 0.2) is 12.1 Å². The molecule has 0 aromatic carbocycles. The number of hydrogen-bond acceptors (Lipinski definition) is 4. The molecule has 1 aliphatic heterocycles. The van der Waals surface area contributed by atoms with E-state index in [1.165, 1.54) is 14.7 Å². The normalized spacial score (nSPS) is 24.1. The molecule has 18 heavy (non-hydrogen) atoms. The Labute approximate surface area is 110 Å². The number of rotatable bonds is 4. The summed E-state index contributed by atoms with van der Waals surface area (Å²) in [5.74, 6) is -0.0434. The van der Waals surface area contributed by atoms with Gasteiger partial charge >= 0.3 is 0 Å². The zero-order valence-corrected chi connectivity index (χ0v) is 11.1. The van der Waals surface area contributed by atoms with Crippen molar-refractivity contribution >= 4 is 23.2 Å². The Morgan fingerprint density at radius 3 is 2.78 bits per heavy atom. The van der Waals surface area contributed by atoms with E-state index < -0.39 is 0 Å². The number of amides is 2. The fourth-order valence-corrected chi connectivity index (χ4v) is 3.17. The molecule has 3 rings (SSSR count). The lowest BCUT2D eigenvalue weighted by atomic mass is 10.2. The second-order valence-electron chi connectivity index (χ2n) is 4.98. The molecular formula is C13H16N2O2S. The third-order valence-corrected chi connectivity index (χ3v) is 4.41. The Morgan fingerprint density at radius 1 is 1.39 bits per heavy atom. The van der Waals surface area contributed by atoms with Gasteiger partial charge in [0.05, 0.1) is 12.5 Å². The first-order chi connectivity index (χ1) is 8.65. The van der Waals surface area contributed by atoms with Crippen molar-refractivity contribution in [2.24, 2.45) is 0 Å². The zero-order valence-electron chi connectivity index (χ0n) is 10.3. The summed E-state index contributed by atoms with van der Waals surface area (Å²) in [7, 11) is 0. The zero-order chi connectivity index (χ0) is 12.7. The van der Waals surface area contributed by atoms with Crippen LogP contribution in [0.2, 0.25) is 0 Å². The molecule has 0 bridgehead atoms. The molecule has 96 valence electrons. The van der Waals surface area contributed by atoms with Crippen LogP contribution in [0.3, 0.4) is 0 Å². The number of nitrogens with one attached hydrogen (secondary N) is 1. The standard InChI is InChI=1S/C13H16N2O2S/c1-8-2-5-10(18-8)7-14-11-6-12(16)15(13(11)17)9-3-4-9/h2,5,9,11,14H,3-4,6-7H2,1H3. The van der Waals surface area contributed by atoms with E-state index in [0.29, 0.717) is 13.0 Å². The molecule has 1 aliphatic carbocycles. The van der Waals surface area contributed by atoms with Gasteiger partial charge in [0.1, 0.15) is 0 Å². The number of carbonyl (C=O) groups excluding carboxylic acids is 2. The molecule has 1 saturated heterocycles. The predicted molar refractivity (Wildman–Crippen MR) is 69.2 cm³/mol. The third kappa shape index (κ3) is 2.20. The van der Waals surface area contributed by atoms with Gasteiger partial charge in [-0.15, -0.1) is 11.3 Å². The van der Waals surface area contributed by atoms with Crippen LogP contribution in [0.5, 0.6) is 0 Å². The van der Waals surface area contributed by atoms with Gasteiger partial charge in [-0.2, -0.15) is 0 Å². The van der Waals surface area contributed by atoms with Crippen LogP contribution in [0.4, 0.5) is 0 Å². The summed E-state index contributed by atoms with van der Waals surface area (Å²) in [6.07, 6.45) is 2.28. The number of likely N-dealkylation sites (tertiary alicyclic amines) is 1. The molecule has 1 atom stereocenters. The van der Waals surface area contributed by atoms with E-state index in [1.54, 1.807) is 11.3 Å². The Hall–Kier alpha value is -1.20. The second kappa shape index (κ2) is 4.48. The van der Waals surface area contributed by atoms with Gasteiger partial charge in [-0.05, 0) is 31.9 Å². The summed E-state index contributed by atoms with van der Waals surface area (Å²) >= 11 is 1.72. The van der Waals surface area contributed by atoms with E-state index in [9.17, 15) is 9.59 Å². The summed E-state index contributed by atoms with van der Waals surface area (Å²) in [5, 5.41) is 3.20. The largest absolute Gasteiger partial charge is 0.300 e. The smallest absolute Gasteiger partial charge is 0.247 e. The highest BCUT2D eigenvalue weighted by Crippen LogP contribution is 2.31. The SMILES string of the molecule is Cc1ccc(CNC2CC(=O)N(C3CC3)C2=O)s1. The number of thiophene rings is 1. The van der Waals surface area contributed by atoms with E-state index >= 15 is 0 Å². The van der Waals surface area contributed by atoms with Gasteiger partial charge in [-0.3, -0.25) is 14.5 Å². The minimum absolute atomic E-state index is 0.0117. The van der Waals surface area contributed by atoms with Crippen molar-refractivity contribution in [2.75, 3.05) is 0 Å². The first-order valence-corrected chi connectivity index (χ1v) is 7.11. The first-order valence-electron chi connectivity index (χ1n) is 6.30. The molecule has 1 saturated carbocycles. The van der Waals surface area contributed by atoms with Crippen molar-refractivity contribution in [3.8, 4) is 0 Å². The number of carbonyl (C=O) groups is 2. The third-order valence-electron chi connectivity index (χ3n) is 3.41. The highest BCUT2D eigenvalue weighted by Gasteiger charge is 2.45. The maximum atomic E-state index is 12.1. The lowest BCUT2D eigenvalue weighted by molar-refractivity contribution is -0.139. The molecule has 4 nitrogen and oxygen atoms in total. The Morgan fingerprint density at radius 2 is 2.17 bits per heavy atom. The average Bonchev–Trinajstić information content (AvgIpc) is 3.00. The van der Waals surface area contributed by atoms with Crippen molar-refractivity contribution in [3.63, 3.8) is 0 Å². The van der Waals surface area contributed by atoms with Crippen molar-refractivity contribution < 1.29 is 9.59 Å². The highest BCUT2D eigenvalue weighted by atomic mass is 32.1. The highest BCUT2D eigenvalue weighted by molar-refractivity contribution is 7.11. The summed E-state index contributed by atoms with van der Waals surface area (Å²) in [4.78, 5) is 27.8. The van der Waals surface area contributed by atoms with Crippen LogP contribution in [0, 0.1) is 6.92 Å². The summed E-state index contributed by atoms with van der Waals surface area (Å²) in [6.45, 7) is 2.73. The monoisotopic (exact) mass is 264 g/mol. The Balaban J connectivity index is 1.60. The summed E-state index contributed by atoms with van der Waals surface area (Å²) < 4.78 is 0. The fraction of sp³-hybridized carbons (Fsp3) is 0.538. The van der Waals surface area contributed by atoms with Crippen molar-refractivity contribution in [1.29, 1.82) is 0 Å². The second-order valence-corrected chi connectivity index (χ2v) is 6.36. The Bertz CT molecular complexity index is 493. The number of aryl methyl sites for hydroxylation is 1. The molecule has 0 radical (unpaired) electrons. The quantitative estimate of drug-likeness (QED) is 0.837. The van der Waals surface area contributed by atoms with E-state index in [4.69, 9.17) is 0 Å². The van der Waals surface area contributed by atoms with Crippen molar-refractivity contribution in [3.05, 3.63) is 21.9 Å². The lowest BCUT2D eigenvalue weighted by Crippen LogP contribution is -2.39. The van der Waals surface area contributed by atoms with Crippen LogP contribution in [0.25, 0.3) is 0 Å². The number of imide groups is 1. The van der Waals surface area contributed by atoms with Gasteiger partial charge in [0.2, 0.25) is 11.8 Å². The van der Waals surface area contributed by atoms with E-state index in [2.05, 4.69) is 24.4 Å². The van der Waals surface area contributed by atoms with Crippen LogP contribution in [-0.2, 0) is 16.1 Å². The van der Waals surface area contributed by atoms with Crippen molar-refractivity contribution in [1.82, 2.24) is 10.2 Å². The molecule has 1 aromatic rings. The minimum atomic E-state index is -0.319. The molecular weight excluding hydrogens is 248 g/mol. The van der Waals surface area contributed by atoms with Gasteiger partial charge in [0.15, 0.2) is 0 Å². The molecule has 0 spiro atoms. The van der Waals surface area contributed by atoms with Crippen LogP contribution >= 0.6 is 11.3 Å². The molecule has 2 fully saturated rings. The molecule has 1 N–H and O–H groups in total. The number of nitrogens with zero attached hydrogens (tertiary/aromatic N) is 1. The van der Waals surface area contributed by atoms with Crippen LogP contribution < -0.4 is 5.32 Å². The predicted octanol–water partition coefficient (Wildman–Crippen LogP) is 1.44. The van der Waals surface area contributed by atoms with Gasteiger partial charge in [-0.1, -0.05) is 0 Å². The molecule has 1 aromatic heterocycles. The topological polar surface area (TPSA) is 49.4 Å². The number of hydrogen-bond donors (Lipinski definition) is 1. The summed E-state index contributed by atoms with van der Waals surface area (Å²) in [5.41, 5.74) is 0. The van der Waals surface area contributed by atoms with Gasteiger partial charge in [0, 0.05) is 22.3 Å². The van der Waals surface area contributed by atoms with E-state index in [0.717, 1.165) is 12.8 Å². The molecule has 2 heterocycles. The van der Waals surface area contributed by atoms with Gasteiger partial charge < -0.3 is 5.32 Å². The van der Waals surface area contributed by atoms with Crippen LogP contribution in [-0.4, -0.2) is 28.8 Å². The molecule has 2 aliphatic rings. The molecule has 2 amide bonds. The van der Waals surface area contributed by atoms with E-state index in [-0.39, 0.29) is 23.9 Å².